The van der Waals surface area contributed by atoms with E-state index in [-0.39, 0.29) is 5.91 Å². The SMILES string of the molecule is O=C(c1nc(-c2ccc(Cl)cc2)n2c1CCCCC2)N1CCN(Cc2ccccc2)CC1. The van der Waals surface area contributed by atoms with Gasteiger partial charge in [0.15, 0.2) is 0 Å². The lowest BCUT2D eigenvalue weighted by atomic mass is 10.1. The van der Waals surface area contributed by atoms with Gasteiger partial charge in [0.05, 0.1) is 5.69 Å². The number of fused-ring (bicyclic) bond motifs is 1. The molecule has 2 aliphatic rings. The van der Waals surface area contributed by atoms with E-state index in [0.29, 0.717) is 10.7 Å². The minimum Gasteiger partial charge on any atom is -0.335 e. The summed E-state index contributed by atoms with van der Waals surface area (Å²) < 4.78 is 2.27. The Labute approximate surface area is 194 Å². The van der Waals surface area contributed by atoms with Crippen LogP contribution in [0.25, 0.3) is 11.4 Å². The van der Waals surface area contributed by atoms with Crippen LogP contribution in [0.1, 0.15) is 41.0 Å². The highest BCUT2D eigenvalue weighted by atomic mass is 35.5. The van der Waals surface area contributed by atoms with Crippen molar-refractivity contribution in [3.63, 3.8) is 0 Å². The first kappa shape index (κ1) is 21.2. The van der Waals surface area contributed by atoms with E-state index in [1.807, 2.05) is 35.2 Å². The van der Waals surface area contributed by atoms with Gasteiger partial charge in [-0.05, 0) is 49.1 Å². The smallest absolute Gasteiger partial charge is 0.274 e. The maximum Gasteiger partial charge on any atom is 0.274 e. The van der Waals surface area contributed by atoms with Gasteiger partial charge in [-0.2, -0.15) is 0 Å². The van der Waals surface area contributed by atoms with Crippen molar-refractivity contribution < 1.29 is 4.79 Å². The number of hydrogen-bond acceptors (Lipinski definition) is 3. The molecule has 0 unspecified atom stereocenters. The summed E-state index contributed by atoms with van der Waals surface area (Å²) in [7, 11) is 0. The molecule has 0 N–H and O–H groups in total. The van der Waals surface area contributed by atoms with Crippen molar-refractivity contribution in [3.05, 3.63) is 76.6 Å². The van der Waals surface area contributed by atoms with Gasteiger partial charge in [0.25, 0.3) is 5.91 Å². The van der Waals surface area contributed by atoms with Crippen LogP contribution in [0, 0.1) is 0 Å². The number of rotatable bonds is 4. The molecule has 32 heavy (non-hydrogen) atoms. The molecule has 0 spiro atoms. The average molecular weight is 449 g/mol. The highest BCUT2D eigenvalue weighted by molar-refractivity contribution is 6.30. The van der Waals surface area contributed by atoms with E-state index < -0.39 is 0 Å². The fourth-order valence-electron chi connectivity index (χ4n) is 4.81. The van der Waals surface area contributed by atoms with E-state index in [0.717, 1.165) is 75.6 Å². The summed E-state index contributed by atoms with van der Waals surface area (Å²) in [4.78, 5) is 22.9. The molecule has 1 aromatic heterocycles. The second kappa shape index (κ2) is 9.47. The van der Waals surface area contributed by atoms with Crippen molar-refractivity contribution in [1.29, 1.82) is 0 Å². The van der Waals surface area contributed by atoms with Crippen LogP contribution in [0.2, 0.25) is 5.02 Å². The number of halogens is 1. The van der Waals surface area contributed by atoms with E-state index in [4.69, 9.17) is 16.6 Å². The van der Waals surface area contributed by atoms with Gasteiger partial charge in [0.1, 0.15) is 11.5 Å². The van der Waals surface area contributed by atoms with Gasteiger partial charge in [-0.25, -0.2) is 4.98 Å². The molecule has 1 fully saturated rings. The van der Waals surface area contributed by atoms with Crippen LogP contribution in [0.4, 0.5) is 0 Å². The quantitative estimate of drug-likeness (QED) is 0.570. The minimum atomic E-state index is 0.0789. The van der Waals surface area contributed by atoms with Crippen LogP contribution in [0.15, 0.2) is 54.6 Å². The molecule has 5 nitrogen and oxygen atoms in total. The molecule has 166 valence electrons. The summed E-state index contributed by atoms with van der Waals surface area (Å²) in [5.74, 6) is 0.972. The fourth-order valence-corrected chi connectivity index (χ4v) is 4.94. The van der Waals surface area contributed by atoms with E-state index in [1.165, 1.54) is 12.0 Å². The molecule has 0 bridgehead atoms. The molecular weight excluding hydrogens is 420 g/mol. The van der Waals surface area contributed by atoms with Crippen LogP contribution in [-0.4, -0.2) is 51.4 Å². The van der Waals surface area contributed by atoms with Crippen molar-refractivity contribution in [1.82, 2.24) is 19.4 Å². The van der Waals surface area contributed by atoms with Crippen LogP contribution < -0.4 is 0 Å². The molecular formula is C26H29ClN4O. The number of imidazole rings is 1. The number of benzene rings is 2. The third-order valence-electron chi connectivity index (χ3n) is 6.58. The molecule has 0 saturated carbocycles. The van der Waals surface area contributed by atoms with Crippen LogP contribution in [0.3, 0.4) is 0 Å². The van der Waals surface area contributed by atoms with E-state index in [2.05, 4.69) is 33.7 Å². The van der Waals surface area contributed by atoms with Crippen molar-refractivity contribution in [2.45, 2.75) is 38.8 Å². The normalized spacial score (nSPS) is 17.1. The molecule has 3 aromatic rings. The van der Waals surface area contributed by atoms with Gasteiger partial charge in [-0.15, -0.1) is 0 Å². The monoisotopic (exact) mass is 448 g/mol. The molecule has 2 aromatic carbocycles. The Hall–Kier alpha value is -2.63. The zero-order valence-electron chi connectivity index (χ0n) is 18.3. The maximum absolute atomic E-state index is 13.6. The summed E-state index contributed by atoms with van der Waals surface area (Å²) in [6.07, 6.45) is 4.33. The first-order chi connectivity index (χ1) is 15.7. The number of amides is 1. The maximum atomic E-state index is 13.6. The zero-order valence-corrected chi connectivity index (χ0v) is 19.1. The topological polar surface area (TPSA) is 41.4 Å². The standard InChI is InChI=1S/C26H29ClN4O/c27-22-12-10-21(11-13-22)25-28-24(23-9-5-2-6-14-31(23)25)26(32)30-17-15-29(16-18-30)19-20-7-3-1-4-8-20/h1,3-4,7-8,10-13H,2,5-6,9,14-19H2. The largest absolute Gasteiger partial charge is 0.335 e. The Morgan fingerprint density at radius 3 is 2.38 bits per heavy atom. The highest BCUT2D eigenvalue weighted by Gasteiger charge is 2.29. The number of aromatic nitrogens is 2. The number of piperazine rings is 1. The van der Waals surface area contributed by atoms with Gasteiger partial charge in [0.2, 0.25) is 0 Å². The molecule has 3 heterocycles. The molecule has 0 radical (unpaired) electrons. The van der Waals surface area contributed by atoms with Crippen LogP contribution >= 0.6 is 11.6 Å². The Morgan fingerprint density at radius 1 is 0.875 bits per heavy atom. The highest BCUT2D eigenvalue weighted by Crippen LogP contribution is 2.29. The lowest BCUT2D eigenvalue weighted by molar-refractivity contribution is 0.0622. The Kier molecular flexibility index (Phi) is 6.28. The summed E-state index contributed by atoms with van der Waals surface area (Å²) in [5.41, 5.74) is 4.08. The Bertz CT molecular complexity index is 1070. The minimum absolute atomic E-state index is 0.0789. The summed E-state index contributed by atoms with van der Waals surface area (Å²) in [6, 6.07) is 18.3. The third kappa shape index (κ3) is 4.45. The van der Waals surface area contributed by atoms with Crippen molar-refractivity contribution >= 4 is 17.5 Å². The van der Waals surface area contributed by atoms with Crippen molar-refractivity contribution in [2.24, 2.45) is 0 Å². The lowest BCUT2D eigenvalue weighted by Crippen LogP contribution is -2.48. The van der Waals surface area contributed by atoms with Crippen molar-refractivity contribution in [2.75, 3.05) is 26.2 Å². The van der Waals surface area contributed by atoms with Gasteiger partial charge in [0, 0.05) is 49.9 Å². The Balaban J connectivity index is 1.35. The molecule has 0 atom stereocenters. The predicted octanol–water partition coefficient (Wildman–Crippen LogP) is 4.89. The predicted molar refractivity (Wildman–Crippen MR) is 128 cm³/mol. The summed E-state index contributed by atoms with van der Waals surface area (Å²) >= 11 is 6.10. The Morgan fingerprint density at radius 2 is 1.62 bits per heavy atom. The number of carbonyl (C=O) groups excluding carboxylic acids is 1. The second-order valence-corrected chi connectivity index (χ2v) is 9.19. The number of hydrogen-bond donors (Lipinski definition) is 0. The number of carbonyl (C=O) groups is 1. The van der Waals surface area contributed by atoms with Gasteiger partial charge < -0.3 is 9.47 Å². The van der Waals surface area contributed by atoms with Gasteiger partial charge >= 0.3 is 0 Å². The van der Waals surface area contributed by atoms with E-state index in [9.17, 15) is 4.79 Å². The fraction of sp³-hybridized carbons (Fsp3) is 0.385. The van der Waals surface area contributed by atoms with Gasteiger partial charge in [-0.3, -0.25) is 9.69 Å². The summed E-state index contributed by atoms with van der Waals surface area (Å²) in [6.45, 7) is 5.12. The average Bonchev–Trinajstić information content (AvgIpc) is 3.01. The summed E-state index contributed by atoms with van der Waals surface area (Å²) in [5, 5.41) is 0.709. The third-order valence-corrected chi connectivity index (χ3v) is 6.83. The molecule has 1 amide bonds. The van der Waals surface area contributed by atoms with E-state index >= 15 is 0 Å². The van der Waals surface area contributed by atoms with E-state index in [1.54, 1.807) is 0 Å². The first-order valence-electron chi connectivity index (χ1n) is 11.6. The molecule has 2 aliphatic heterocycles. The zero-order chi connectivity index (χ0) is 21.9. The lowest BCUT2D eigenvalue weighted by Gasteiger charge is -2.34. The molecule has 5 rings (SSSR count). The molecule has 0 aliphatic carbocycles. The first-order valence-corrected chi connectivity index (χ1v) is 12.0. The van der Waals surface area contributed by atoms with Crippen molar-refractivity contribution in [3.8, 4) is 11.4 Å². The second-order valence-electron chi connectivity index (χ2n) is 8.75. The molecule has 6 heteroatoms. The van der Waals surface area contributed by atoms with Crippen LogP contribution in [-0.2, 0) is 19.5 Å². The van der Waals surface area contributed by atoms with Crippen LogP contribution in [0.5, 0.6) is 0 Å². The van der Waals surface area contributed by atoms with Gasteiger partial charge in [-0.1, -0.05) is 48.4 Å². The number of nitrogens with zero attached hydrogens (tertiary/aromatic N) is 4. The molecule has 1 saturated heterocycles.